The van der Waals surface area contributed by atoms with Crippen LogP contribution in [0.1, 0.15) is 46.5 Å². The molecule has 0 N–H and O–H groups in total. The predicted octanol–water partition coefficient (Wildman–Crippen LogP) is 2.77. The van der Waals surface area contributed by atoms with E-state index in [0.29, 0.717) is 38.4 Å². The van der Waals surface area contributed by atoms with Crippen LogP contribution < -0.4 is 0 Å². The van der Waals surface area contributed by atoms with Gasteiger partial charge in [0.05, 0.1) is 0 Å². The van der Waals surface area contributed by atoms with Gasteiger partial charge in [0.2, 0.25) is 15.9 Å². The summed E-state index contributed by atoms with van der Waals surface area (Å²) >= 11 is 0. The van der Waals surface area contributed by atoms with Crippen LogP contribution in [0.3, 0.4) is 0 Å². The molecule has 2 rings (SSSR count). The second kappa shape index (κ2) is 9.46. The van der Waals surface area contributed by atoms with E-state index in [0.717, 1.165) is 19.4 Å². The zero-order chi connectivity index (χ0) is 19.2. The third-order valence-electron chi connectivity index (χ3n) is 5.40. The minimum absolute atomic E-state index is 0.0790. The van der Waals surface area contributed by atoms with Crippen molar-refractivity contribution >= 4 is 15.9 Å². The number of hydrogen-bond acceptors (Lipinski definition) is 4. The molecule has 1 aromatic heterocycles. The fourth-order valence-electron chi connectivity index (χ4n) is 3.48. The average Bonchev–Trinajstić information content (AvgIpc) is 2.69. The number of nitrogens with zero attached hydrogens (tertiary/aromatic N) is 3. The quantitative estimate of drug-likeness (QED) is 0.694. The monoisotopic (exact) mass is 381 g/mol. The first-order chi connectivity index (χ1) is 12.4. The molecular formula is C19H31N3O3S. The van der Waals surface area contributed by atoms with Gasteiger partial charge in [0, 0.05) is 44.5 Å². The van der Waals surface area contributed by atoms with Gasteiger partial charge in [0.1, 0.15) is 4.90 Å². The van der Waals surface area contributed by atoms with Crippen LogP contribution in [0.4, 0.5) is 0 Å². The van der Waals surface area contributed by atoms with E-state index in [1.807, 2.05) is 11.8 Å². The van der Waals surface area contributed by atoms with Gasteiger partial charge < -0.3 is 4.90 Å². The highest BCUT2D eigenvalue weighted by Gasteiger charge is 2.33. The van der Waals surface area contributed by atoms with E-state index < -0.39 is 10.0 Å². The second-order valence-corrected chi connectivity index (χ2v) is 8.86. The molecule has 0 spiro atoms. The van der Waals surface area contributed by atoms with Crippen LogP contribution in [-0.4, -0.2) is 54.7 Å². The number of carbonyl (C=O) groups excluding carboxylic acids is 1. The first-order valence-corrected chi connectivity index (χ1v) is 11.1. The molecule has 2 heterocycles. The Bertz CT molecular complexity index is 667. The van der Waals surface area contributed by atoms with Crippen molar-refractivity contribution in [3.8, 4) is 0 Å². The lowest BCUT2D eigenvalue weighted by Crippen LogP contribution is -2.45. The highest BCUT2D eigenvalue weighted by Crippen LogP contribution is 2.25. The Hall–Kier alpha value is -1.47. The molecule has 1 amide bonds. The van der Waals surface area contributed by atoms with Crippen LogP contribution in [0.25, 0.3) is 0 Å². The van der Waals surface area contributed by atoms with Crippen LogP contribution in [0.15, 0.2) is 29.4 Å². The molecule has 0 aromatic carbocycles. The normalized spacial score (nSPS) is 16.8. The summed E-state index contributed by atoms with van der Waals surface area (Å²) in [5.41, 5.74) is 0. The predicted molar refractivity (Wildman–Crippen MR) is 102 cm³/mol. The molecule has 0 radical (unpaired) electrons. The number of amides is 1. The van der Waals surface area contributed by atoms with Gasteiger partial charge in [-0.15, -0.1) is 0 Å². The molecule has 0 saturated carbocycles. The summed E-state index contributed by atoms with van der Waals surface area (Å²) < 4.78 is 26.8. The topological polar surface area (TPSA) is 70.6 Å². The number of sulfonamides is 1. The van der Waals surface area contributed by atoms with Crippen molar-refractivity contribution in [1.82, 2.24) is 14.2 Å². The lowest BCUT2D eigenvalue weighted by atomic mass is 9.95. The van der Waals surface area contributed by atoms with Gasteiger partial charge in [0.15, 0.2) is 0 Å². The molecule has 1 fully saturated rings. The average molecular weight is 382 g/mol. The fourth-order valence-corrected chi connectivity index (χ4v) is 4.92. The Kier molecular flexibility index (Phi) is 7.58. The third-order valence-corrected chi connectivity index (χ3v) is 7.28. The van der Waals surface area contributed by atoms with E-state index in [9.17, 15) is 13.2 Å². The van der Waals surface area contributed by atoms with Crippen molar-refractivity contribution in [2.24, 2.45) is 11.8 Å². The summed E-state index contributed by atoms with van der Waals surface area (Å²) in [6, 6.07) is 3.19. The van der Waals surface area contributed by atoms with E-state index in [2.05, 4.69) is 18.8 Å². The van der Waals surface area contributed by atoms with Crippen molar-refractivity contribution in [3.63, 3.8) is 0 Å². The van der Waals surface area contributed by atoms with Crippen molar-refractivity contribution < 1.29 is 13.2 Å². The van der Waals surface area contributed by atoms with Gasteiger partial charge >= 0.3 is 0 Å². The number of rotatable bonds is 8. The minimum Gasteiger partial charge on any atom is -0.342 e. The standard InChI is InChI=1S/C19H31N3O3S/c1-4-16(5-2)15-21(6-3)19(23)17-9-12-22(13-10-17)26(24,25)18-8-7-11-20-14-18/h7-8,11,14,16-17H,4-6,9-10,12-13,15H2,1-3H3. The molecule has 146 valence electrons. The molecule has 7 heteroatoms. The van der Waals surface area contributed by atoms with Gasteiger partial charge in [-0.2, -0.15) is 4.31 Å². The molecule has 1 saturated heterocycles. The Morgan fingerprint density at radius 3 is 2.42 bits per heavy atom. The maximum Gasteiger partial charge on any atom is 0.244 e. The molecule has 1 aromatic rings. The van der Waals surface area contributed by atoms with Crippen molar-refractivity contribution in [3.05, 3.63) is 24.5 Å². The summed E-state index contributed by atoms with van der Waals surface area (Å²) in [6.45, 7) is 8.62. The van der Waals surface area contributed by atoms with Crippen molar-refractivity contribution in [2.45, 2.75) is 51.3 Å². The summed E-state index contributed by atoms with van der Waals surface area (Å²) in [6.07, 6.45) is 6.24. The Labute approximate surface area is 157 Å². The first kappa shape index (κ1) is 20.8. The zero-order valence-corrected chi connectivity index (χ0v) is 16.9. The largest absolute Gasteiger partial charge is 0.342 e. The number of piperidine rings is 1. The number of pyridine rings is 1. The molecular weight excluding hydrogens is 350 g/mol. The highest BCUT2D eigenvalue weighted by atomic mass is 32.2. The minimum atomic E-state index is -3.52. The molecule has 1 aliphatic heterocycles. The summed E-state index contributed by atoms with van der Waals surface area (Å²) in [4.78, 5) is 18.9. The van der Waals surface area contributed by atoms with E-state index in [-0.39, 0.29) is 16.7 Å². The lowest BCUT2D eigenvalue weighted by Gasteiger charge is -2.34. The molecule has 26 heavy (non-hydrogen) atoms. The SMILES string of the molecule is CCC(CC)CN(CC)C(=O)C1CCN(S(=O)(=O)c2cccnc2)CC1. The van der Waals surface area contributed by atoms with Crippen LogP contribution in [0.5, 0.6) is 0 Å². The molecule has 0 aliphatic carbocycles. The summed E-state index contributed by atoms with van der Waals surface area (Å²) in [5.74, 6) is 0.632. The van der Waals surface area contributed by atoms with Gasteiger partial charge in [-0.1, -0.05) is 26.7 Å². The van der Waals surface area contributed by atoms with Gasteiger partial charge in [-0.05, 0) is 37.8 Å². The van der Waals surface area contributed by atoms with Gasteiger partial charge in [-0.3, -0.25) is 9.78 Å². The van der Waals surface area contributed by atoms with E-state index in [1.165, 1.54) is 10.5 Å². The van der Waals surface area contributed by atoms with Crippen LogP contribution in [-0.2, 0) is 14.8 Å². The highest BCUT2D eigenvalue weighted by molar-refractivity contribution is 7.89. The lowest BCUT2D eigenvalue weighted by molar-refractivity contribution is -0.137. The third kappa shape index (κ3) is 4.82. The summed E-state index contributed by atoms with van der Waals surface area (Å²) in [5, 5.41) is 0. The van der Waals surface area contributed by atoms with E-state index in [4.69, 9.17) is 0 Å². The van der Waals surface area contributed by atoms with Crippen LogP contribution in [0.2, 0.25) is 0 Å². The summed E-state index contributed by atoms with van der Waals surface area (Å²) in [7, 11) is -3.52. The van der Waals surface area contributed by atoms with Crippen molar-refractivity contribution in [1.29, 1.82) is 0 Å². The molecule has 0 unspecified atom stereocenters. The second-order valence-electron chi connectivity index (χ2n) is 6.93. The maximum absolute atomic E-state index is 12.9. The Balaban J connectivity index is 1.98. The number of hydrogen-bond donors (Lipinski definition) is 0. The Morgan fingerprint density at radius 2 is 1.92 bits per heavy atom. The molecule has 0 bridgehead atoms. The number of carbonyl (C=O) groups is 1. The maximum atomic E-state index is 12.9. The van der Waals surface area contributed by atoms with Crippen molar-refractivity contribution in [2.75, 3.05) is 26.2 Å². The zero-order valence-electron chi connectivity index (χ0n) is 16.1. The van der Waals surface area contributed by atoms with Gasteiger partial charge in [0.25, 0.3) is 0 Å². The molecule has 6 nitrogen and oxygen atoms in total. The fraction of sp³-hybridized carbons (Fsp3) is 0.684. The Morgan fingerprint density at radius 1 is 1.27 bits per heavy atom. The smallest absolute Gasteiger partial charge is 0.244 e. The molecule has 0 atom stereocenters. The van der Waals surface area contributed by atoms with E-state index >= 15 is 0 Å². The van der Waals surface area contributed by atoms with Crippen LogP contribution >= 0.6 is 0 Å². The number of aromatic nitrogens is 1. The van der Waals surface area contributed by atoms with E-state index in [1.54, 1.807) is 18.3 Å². The van der Waals surface area contributed by atoms with Crippen LogP contribution in [0, 0.1) is 11.8 Å². The van der Waals surface area contributed by atoms with Gasteiger partial charge in [-0.25, -0.2) is 8.42 Å². The molecule has 1 aliphatic rings. The first-order valence-electron chi connectivity index (χ1n) is 9.62.